The van der Waals surface area contributed by atoms with E-state index in [2.05, 4.69) is 36.8 Å². The minimum atomic E-state index is -1.36. The minimum absolute atomic E-state index is 0.0392. The number of thiophene rings is 1. The molecule has 0 unspecified atom stereocenters. The number of aliphatic hydroxyl groups is 1. The third kappa shape index (κ3) is 9.74. The van der Waals surface area contributed by atoms with Crippen LogP contribution in [0.4, 0.5) is 4.39 Å². The van der Waals surface area contributed by atoms with Crippen LogP contribution in [-0.4, -0.2) is 98.4 Å². The Morgan fingerprint density at radius 2 is 1.65 bits per heavy atom. The number of para-hydroxylation sites is 1. The summed E-state index contributed by atoms with van der Waals surface area (Å²) >= 11 is 1.41. The number of carbonyl (C=O) groups is 1. The largest absolute Gasteiger partial charge is 0.492 e. The molecule has 0 bridgehead atoms. The molecule has 1 aliphatic rings. The van der Waals surface area contributed by atoms with E-state index in [0.29, 0.717) is 39.7 Å². The van der Waals surface area contributed by atoms with Crippen LogP contribution in [0.3, 0.4) is 0 Å². The van der Waals surface area contributed by atoms with Gasteiger partial charge in [-0.1, -0.05) is 48.5 Å². The number of piperazine rings is 1. The third-order valence-electron chi connectivity index (χ3n) is 11.0. The lowest BCUT2D eigenvalue weighted by Crippen LogP contribution is -2.45. The number of nitrogens with zero attached hydrogens (tertiary/aromatic N) is 6. The predicted molar refractivity (Wildman–Crippen MR) is 237 cm³/mol. The number of benzene rings is 4. The van der Waals surface area contributed by atoms with E-state index in [4.69, 9.17) is 14.2 Å². The number of aromatic nitrogens is 4. The molecule has 62 heavy (non-hydrogen) atoms. The van der Waals surface area contributed by atoms with Crippen molar-refractivity contribution in [3.63, 3.8) is 0 Å². The topological polar surface area (TPSA) is 143 Å². The number of hydrogen-bond acceptors (Lipinski definition) is 12. The van der Waals surface area contributed by atoms with Crippen molar-refractivity contribution >= 4 is 27.5 Å². The van der Waals surface area contributed by atoms with Gasteiger partial charge < -0.3 is 29.3 Å². The van der Waals surface area contributed by atoms with Gasteiger partial charge in [0.25, 0.3) is 0 Å². The van der Waals surface area contributed by atoms with Crippen molar-refractivity contribution in [3.05, 3.63) is 137 Å². The van der Waals surface area contributed by atoms with Crippen LogP contribution in [0, 0.1) is 19.7 Å². The lowest BCUT2D eigenvalue weighted by atomic mass is 9.92. The molecule has 0 saturated carbocycles. The smallest absolute Gasteiger partial charge is 0.345 e. The molecule has 0 aliphatic carbocycles. The van der Waals surface area contributed by atoms with Crippen LogP contribution < -0.4 is 14.2 Å². The van der Waals surface area contributed by atoms with E-state index in [1.807, 2.05) is 62.4 Å². The highest BCUT2D eigenvalue weighted by molar-refractivity contribution is 7.22. The summed E-state index contributed by atoms with van der Waals surface area (Å²) < 4.78 is 33.2. The summed E-state index contributed by atoms with van der Waals surface area (Å²) in [6.07, 6.45) is 1.62. The van der Waals surface area contributed by atoms with Crippen molar-refractivity contribution in [2.24, 2.45) is 0 Å². The van der Waals surface area contributed by atoms with Gasteiger partial charge in [0.15, 0.2) is 5.82 Å². The first-order valence-corrected chi connectivity index (χ1v) is 21.3. The number of ether oxygens (including phenoxy) is 3. The summed E-state index contributed by atoms with van der Waals surface area (Å²) in [5.74, 6) is 0.305. The molecule has 0 spiro atoms. The number of carboxylic acids is 1. The SMILES string of the molecule is Cc1cc(OCCN2CCN(C)CC2)cc(C)c1-c1c(-c2ccc(F)cc2)sc2ncnc(O[C@H](Cc3ccccc3OCc3ccnc(-c4cccc(CO)c4)n3)C(=O)O)c12. The molecule has 14 heteroatoms. The molecule has 0 amide bonds. The van der Waals surface area contributed by atoms with E-state index in [0.717, 1.165) is 82.3 Å². The Morgan fingerprint density at radius 3 is 2.40 bits per heavy atom. The number of likely N-dealkylation sites (N-methyl/N-ethyl adjacent to an activating group) is 1. The minimum Gasteiger partial charge on any atom is -0.492 e. The highest BCUT2D eigenvalue weighted by Gasteiger charge is 2.28. The molecule has 7 aromatic rings. The van der Waals surface area contributed by atoms with Crippen LogP contribution in [0.5, 0.6) is 17.4 Å². The number of aliphatic hydroxyl groups excluding tert-OH is 1. The fourth-order valence-corrected chi connectivity index (χ4v) is 8.85. The van der Waals surface area contributed by atoms with Gasteiger partial charge in [-0.25, -0.2) is 29.1 Å². The summed E-state index contributed by atoms with van der Waals surface area (Å²) in [5.41, 5.74) is 7.07. The monoisotopic (exact) mass is 854 g/mol. The van der Waals surface area contributed by atoms with Crippen LogP contribution in [0.15, 0.2) is 104 Å². The molecule has 12 nitrogen and oxygen atoms in total. The summed E-state index contributed by atoms with van der Waals surface area (Å²) in [7, 11) is 2.14. The quantitative estimate of drug-likeness (QED) is 0.0972. The van der Waals surface area contributed by atoms with Crippen molar-refractivity contribution in [2.75, 3.05) is 46.4 Å². The van der Waals surface area contributed by atoms with Crippen LogP contribution in [-0.2, 0) is 24.4 Å². The molecule has 4 heterocycles. The Kier molecular flexibility index (Phi) is 13.1. The second-order valence-electron chi connectivity index (χ2n) is 15.4. The van der Waals surface area contributed by atoms with Gasteiger partial charge in [0.05, 0.1) is 17.7 Å². The molecule has 8 rings (SSSR count). The number of rotatable bonds is 16. The second-order valence-corrected chi connectivity index (χ2v) is 16.4. The average Bonchev–Trinajstić information content (AvgIpc) is 3.66. The molecule has 318 valence electrons. The first-order valence-electron chi connectivity index (χ1n) is 20.4. The van der Waals surface area contributed by atoms with Gasteiger partial charge in [0.1, 0.15) is 41.7 Å². The van der Waals surface area contributed by atoms with Crippen molar-refractivity contribution in [1.29, 1.82) is 0 Å². The number of fused-ring (bicyclic) bond motifs is 1. The van der Waals surface area contributed by atoms with Crippen molar-refractivity contribution in [2.45, 2.75) is 39.6 Å². The van der Waals surface area contributed by atoms with Crippen LogP contribution in [0.2, 0.25) is 0 Å². The summed E-state index contributed by atoms with van der Waals surface area (Å²) in [5, 5.41) is 20.8. The fourth-order valence-electron chi connectivity index (χ4n) is 7.71. The fraction of sp³-hybridized carbons (Fsp3) is 0.271. The second kappa shape index (κ2) is 19.2. The zero-order chi connectivity index (χ0) is 43.2. The normalized spacial score (nSPS) is 13.9. The van der Waals surface area contributed by atoms with Gasteiger partial charge >= 0.3 is 5.97 Å². The maximum Gasteiger partial charge on any atom is 0.345 e. The van der Waals surface area contributed by atoms with Gasteiger partial charge in [0.2, 0.25) is 12.0 Å². The first kappa shape index (κ1) is 42.4. The Bertz CT molecular complexity index is 2660. The summed E-state index contributed by atoms with van der Waals surface area (Å²) in [4.78, 5) is 37.4. The van der Waals surface area contributed by atoms with E-state index >= 15 is 0 Å². The molecule has 0 radical (unpaired) electrons. The standard InChI is InChI=1S/C48H47FN6O6S/c1-30-23-38(59-22-21-55-19-17-54(3)18-20-55)24-31(2)41(30)42-43-46(51-29-52-47(43)62-44(42)33-11-13-36(49)14-12-33)61-40(48(57)58)26-34-8-4-5-10-39(34)60-28-37-15-16-50-45(53-37)35-9-6-7-32(25-35)27-56/h4-16,23-25,29,40,56H,17-22,26-28H2,1-3H3,(H,57,58)/t40-/m1/s1. The van der Waals surface area contributed by atoms with Gasteiger partial charge in [-0.2, -0.15) is 0 Å². The zero-order valence-electron chi connectivity index (χ0n) is 34.8. The predicted octanol–water partition coefficient (Wildman–Crippen LogP) is 8.01. The maximum absolute atomic E-state index is 14.2. The molecule has 1 atom stereocenters. The van der Waals surface area contributed by atoms with Crippen molar-refractivity contribution in [1.82, 2.24) is 29.7 Å². The number of aliphatic carboxylic acids is 1. The van der Waals surface area contributed by atoms with Crippen LogP contribution in [0.25, 0.3) is 43.2 Å². The number of aryl methyl sites for hydroxylation is 2. The molecule has 1 aliphatic heterocycles. The maximum atomic E-state index is 14.2. The lowest BCUT2D eigenvalue weighted by molar-refractivity contribution is -0.145. The van der Waals surface area contributed by atoms with Gasteiger partial charge in [0, 0.05) is 61.3 Å². The van der Waals surface area contributed by atoms with Gasteiger partial charge in [-0.3, -0.25) is 4.90 Å². The molecule has 2 N–H and O–H groups in total. The number of carboxylic acid groups (broad SMARTS) is 1. The summed E-state index contributed by atoms with van der Waals surface area (Å²) in [6, 6.07) is 26.7. The van der Waals surface area contributed by atoms with E-state index < -0.39 is 12.1 Å². The van der Waals surface area contributed by atoms with Crippen molar-refractivity contribution in [3.8, 4) is 50.3 Å². The average molecular weight is 855 g/mol. The third-order valence-corrected chi connectivity index (χ3v) is 12.1. The molecule has 3 aromatic heterocycles. The van der Waals surface area contributed by atoms with Crippen LogP contribution >= 0.6 is 11.3 Å². The molecular formula is C48H47FN6O6S. The number of halogens is 1. The Labute approximate surface area is 363 Å². The Morgan fingerprint density at radius 1 is 0.871 bits per heavy atom. The Balaban J connectivity index is 1.08. The van der Waals surface area contributed by atoms with Crippen molar-refractivity contribution < 1.29 is 33.6 Å². The molecule has 1 saturated heterocycles. The van der Waals surface area contributed by atoms with E-state index in [1.54, 1.807) is 36.5 Å². The molecular weight excluding hydrogens is 808 g/mol. The summed E-state index contributed by atoms with van der Waals surface area (Å²) in [6.45, 7) is 9.54. The highest BCUT2D eigenvalue weighted by Crippen LogP contribution is 2.49. The first-order chi connectivity index (χ1) is 30.1. The van der Waals surface area contributed by atoms with Gasteiger partial charge in [-0.15, -0.1) is 11.3 Å². The Hall–Kier alpha value is -6.32. The molecule has 1 fully saturated rings. The van der Waals surface area contributed by atoms with Crippen LogP contribution in [0.1, 0.15) is 27.9 Å². The van der Waals surface area contributed by atoms with E-state index in [-0.39, 0.29) is 31.3 Å². The molecule has 4 aromatic carbocycles. The zero-order valence-corrected chi connectivity index (χ0v) is 35.6. The van der Waals surface area contributed by atoms with Gasteiger partial charge in [-0.05, 0) is 96.7 Å². The van der Waals surface area contributed by atoms with E-state index in [9.17, 15) is 19.4 Å². The lowest BCUT2D eigenvalue weighted by Gasteiger charge is -2.32. The number of hydrogen-bond donors (Lipinski definition) is 2. The highest BCUT2D eigenvalue weighted by atomic mass is 32.1. The van der Waals surface area contributed by atoms with E-state index in [1.165, 1.54) is 29.8 Å².